The highest BCUT2D eigenvalue weighted by Crippen LogP contribution is 2.35. The molecule has 0 unspecified atom stereocenters. The fourth-order valence-electron chi connectivity index (χ4n) is 4.27. The van der Waals surface area contributed by atoms with E-state index < -0.39 is 5.97 Å². The van der Waals surface area contributed by atoms with Gasteiger partial charge in [-0.1, -0.05) is 12.1 Å². The number of hydrogen-bond donors (Lipinski definition) is 1. The number of hydrogen-bond acceptors (Lipinski definition) is 3. The Kier molecular flexibility index (Phi) is 4.72. The first-order chi connectivity index (χ1) is 15.5. The molecule has 6 heteroatoms. The van der Waals surface area contributed by atoms with E-state index in [2.05, 4.69) is 46.0 Å². The highest BCUT2D eigenvalue weighted by atomic mass is 16.4. The molecular formula is C26H20N4O2. The van der Waals surface area contributed by atoms with Crippen molar-refractivity contribution >= 4 is 27.8 Å². The lowest BCUT2D eigenvalue weighted by Gasteiger charge is -2.12. The molecule has 0 atom stereocenters. The van der Waals surface area contributed by atoms with Crippen molar-refractivity contribution in [2.24, 2.45) is 0 Å². The summed E-state index contributed by atoms with van der Waals surface area (Å²) in [4.78, 5) is 15.2. The smallest absolute Gasteiger partial charge is 0.303 e. The highest BCUT2D eigenvalue weighted by Gasteiger charge is 2.16. The number of nitriles is 1. The van der Waals surface area contributed by atoms with Gasteiger partial charge in [-0.2, -0.15) is 5.26 Å². The van der Waals surface area contributed by atoms with Crippen LogP contribution in [0.25, 0.3) is 33.2 Å². The Hall–Kier alpha value is -4.37. The van der Waals surface area contributed by atoms with E-state index in [1.165, 1.54) is 0 Å². The molecule has 0 spiro atoms. The summed E-state index contributed by atoms with van der Waals surface area (Å²) in [5.74, 6) is -0.807. The zero-order valence-corrected chi connectivity index (χ0v) is 17.5. The first-order valence-corrected chi connectivity index (χ1v) is 10.3. The molecule has 0 radical (unpaired) electrons. The number of aryl methyl sites for hydroxylation is 2. The van der Waals surface area contributed by atoms with E-state index in [-0.39, 0.29) is 6.42 Å². The van der Waals surface area contributed by atoms with Gasteiger partial charge in [-0.05, 0) is 66.9 Å². The molecule has 0 bridgehead atoms. The Morgan fingerprint density at radius 3 is 2.66 bits per heavy atom. The molecule has 6 nitrogen and oxygen atoms in total. The second-order valence-corrected chi connectivity index (χ2v) is 7.87. The topological polar surface area (TPSA) is 83.8 Å². The predicted molar refractivity (Wildman–Crippen MR) is 123 cm³/mol. The Bertz CT molecular complexity index is 1520. The molecule has 156 valence electrons. The van der Waals surface area contributed by atoms with Gasteiger partial charge < -0.3 is 14.2 Å². The number of rotatable bonds is 5. The summed E-state index contributed by atoms with van der Waals surface area (Å²) in [7, 11) is 0. The molecule has 0 fully saturated rings. The van der Waals surface area contributed by atoms with Crippen LogP contribution in [0, 0.1) is 18.3 Å². The third-order valence-electron chi connectivity index (χ3n) is 5.81. The average molecular weight is 420 g/mol. The second kappa shape index (κ2) is 7.71. The van der Waals surface area contributed by atoms with E-state index in [0.717, 1.165) is 44.3 Å². The van der Waals surface area contributed by atoms with Gasteiger partial charge in [0, 0.05) is 41.0 Å². The molecule has 0 saturated heterocycles. The third-order valence-corrected chi connectivity index (χ3v) is 5.81. The van der Waals surface area contributed by atoms with Gasteiger partial charge in [-0.15, -0.1) is 0 Å². The summed E-state index contributed by atoms with van der Waals surface area (Å²) in [6.45, 7) is 2.00. The molecule has 3 aromatic carbocycles. The minimum absolute atomic E-state index is 0.0897. The number of carboxylic acid groups (broad SMARTS) is 1. The van der Waals surface area contributed by atoms with Crippen LogP contribution in [0.4, 0.5) is 0 Å². The second-order valence-electron chi connectivity index (χ2n) is 7.87. The molecule has 5 aromatic rings. The quantitative estimate of drug-likeness (QED) is 0.425. The lowest BCUT2D eigenvalue weighted by atomic mass is 10.1. The van der Waals surface area contributed by atoms with E-state index in [4.69, 9.17) is 5.11 Å². The third kappa shape index (κ3) is 3.30. The monoisotopic (exact) mass is 420 g/mol. The fourth-order valence-corrected chi connectivity index (χ4v) is 4.27. The van der Waals surface area contributed by atoms with Gasteiger partial charge in [0.1, 0.15) is 0 Å². The molecule has 5 rings (SSSR count). The number of carboxylic acids is 1. The molecular weight excluding hydrogens is 400 g/mol. The summed E-state index contributed by atoms with van der Waals surface area (Å²) in [5.41, 5.74) is 6.67. The van der Waals surface area contributed by atoms with Gasteiger partial charge in [0.05, 0.1) is 29.0 Å². The summed E-state index contributed by atoms with van der Waals surface area (Å²) in [6.07, 6.45) is 6.00. The Labute approximate surface area is 184 Å². The zero-order chi connectivity index (χ0) is 22.2. The minimum atomic E-state index is -0.807. The summed E-state index contributed by atoms with van der Waals surface area (Å²) in [5, 5.41) is 20.6. The Morgan fingerprint density at radius 1 is 1.06 bits per heavy atom. The number of fused-ring (bicyclic) bond motifs is 3. The Balaban J connectivity index is 1.79. The van der Waals surface area contributed by atoms with E-state index in [9.17, 15) is 10.1 Å². The average Bonchev–Trinajstić information content (AvgIpc) is 3.44. The van der Waals surface area contributed by atoms with Crippen LogP contribution in [0.5, 0.6) is 0 Å². The number of imidazole rings is 1. The van der Waals surface area contributed by atoms with E-state index in [0.29, 0.717) is 12.0 Å². The fraction of sp³-hybridized carbons (Fsp3) is 0.115. The van der Waals surface area contributed by atoms with Crippen LogP contribution in [0.15, 0.2) is 73.3 Å². The molecule has 32 heavy (non-hydrogen) atoms. The zero-order valence-electron chi connectivity index (χ0n) is 17.5. The normalized spacial score (nSPS) is 11.1. The Morgan fingerprint density at radius 2 is 1.94 bits per heavy atom. The first kappa shape index (κ1) is 19.6. The maximum atomic E-state index is 11.1. The van der Waals surface area contributed by atoms with Gasteiger partial charge in [-0.3, -0.25) is 4.79 Å². The van der Waals surface area contributed by atoms with Crippen LogP contribution in [0.2, 0.25) is 0 Å². The lowest BCUT2D eigenvalue weighted by molar-refractivity contribution is -0.136. The summed E-state index contributed by atoms with van der Waals surface area (Å²) in [6, 6.07) is 20.3. The molecule has 2 aromatic heterocycles. The van der Waals surface area contributed by atoms with E-state index in [1.807, 2.05) is 42.0 Å². The lowest BCUT2D eigenvalue weighted by Crippen LogP contribution is -1.99. The number of aromatic nitrogens is 3. The van der Waals surface area contributed by atoms with Crippen molar-refractivity contribution in [3.63, 3.8) is 0 Å². The van der Waals surface area contributed by atoms with Crippen molar-refractivity contribution < 1.29 is 9.90 Å². The molecule has 0 amide bonds. The molecule has 0 aliphatic carbocycles. The van der Waals surface area contributed by atoms with Crippen LogP contribution < -0.4 is 0 Å². The maximum Gasteiger partial charge on any atom is 0.303 e. The number of carbonyl (C=O) groups is 1. The number of benzene rings is 3. The van der Waals surface area contributed by atoms with Crippen molar-refractivity contribution in [3.8, 4) is 17.4 Å². The SMILES string of the molecule is Cc1cc(C#N)ccc1-n1c2ccc(-n3ccnc3)cc2c2ccc(CCC(=O)O)cc21. The van der Waals surface area contributed by atoms with Crippen LogP contribution >= 0.6 is 0 Å². The van der Waals surface area contributed by atoms with Gasteiger partial charge in [-0.25, -0.2) is 4.98 Å². The van der Waals surface area contributed by atoms with Crippen LogP contribution in [0.3, 0.4) is 0 Å². The van der Waals surface area contributed by atoms with Gasteiger partial charge in [0.15, 0.2) is 0 Å². The van der Waals surface area contributed by atoms with Gasteiger partial charge >= 0.3 is 5.97 Å². The molecule has 0 saturated carbocycles. The highest BCUT2D eigenvalue weighted by molar-refractivity contribution is 6.10. The molecule has 1 N–H and O–H groups in total. The van der Waals surface area contributed by atoms with E-state index in [1.54, 1.807) is 12.5 Å². The number of nitrogens with zero attached hydrogens (tertiary/aromatic N) is 4. The van der Waals surface area contributed by atoms with E-state index >= 15 is 0 Å². The largest absolute Gasteiger partial charge is 0.481 e. The van der Waals surface area contributed by atoms with Crippen LogP contribution in [-0.4, -0.2) is 25.2 Å². The minimum Gasteiger partial charge on any atom is -0.481 e. The van der Waals surface area contributed by atoms with Gasteiger partial charge in [0.25, 0.3) is 0 Å². The molecule has 0 aliphatic rings. The summed E-state index contributed by atoms with van der Waals surface area (Å²) >= 11 is 0. The van der Waals surface area contributed by atoms with Gasteiger partial charge in [0.2, 0.25) is 0 Å². The number of aliphatic carboxylic acids is 1. The summed E-state index contributed by atoms with van der Waals surface area (Å²) < 4.78 is 4.17. The maximum absolute atomic E-state index is 11.1. The van der Waals surface area contributed by atoms with Crippen LogP contribution in [0.1, 0.15) is 23.1 Å². The first-order valence-electron chi connectivity index (χ1n) is 10.3. The standard InChI is InChI=1S/C26H20N4O2/c1-17-12-19(15-27)3-7-23(17)30-24-8-5-20(29-11-10-28-16-29)14-22(24)21-6-2-18(13-25(21)30)4-9-26(31)32/h2-3,5-8,10-14,16H,4,9H2,1H3,(H,31,32). The van der Waals surface area contributed by atoms with Crippen molar-refractivity contribution in [1.29, 1.82) is 5.26 Å². The van der Waals surface area contributed by atoms with Crippen molar-refractivity contribution in [3.05, 3.63) is 90.0 Å². The molecule has 0 aliphatic heterocycles. The van der Waals surface area contributed by atoms with Crippen LogP contribution in [-0.2, 0) is 11.2 Å². The van der Waals surface area contributed by atoms with Crippen molar-refractivity contribution in [2.45, 2.75) is 19.8 Å². The van der Waals surface area contributed by atoms with Crippen molar-refractivity contribution in [2.75, 3.05) is 0 Å². The molecule has 2 heterocycles. The predicted octanol–water partition coefficient (Wildman–Crippen LogP) is 5.17. The van der Waals surface area contributed by atoms with Crippen molar-refractivity contribution in [1.82, 2.24) is 14.1 Å².